The van der Waals surface area contributed by atoms with Gasteiger partial charge in [0.2, 0.25) is 0 Å². The number of nitrogens with zero attached hydrogens (tertiary/aromatic N) is 2. The highest BCUT2D eigenvalue weighted by molar-refractivity contribution is 6.09. The van der Waals surface area contributed by atoms with Crippen LogP contribution in [-0.2, 0) is 7.05 Å². The van der Waals surface area contributed by atoms with Crippen molar-refractivity contribution in [2.45, 2.75) is 6.92 Å². The molecule has 0 saturated carbocycles. The van der Waals surface area contributed by atoms with E-state index in [4.69, 9.17) is 0 Å². The maximum Gasteiger partial charge on any atom is 0.282 e. The molecule has 1 heterocycles. The molecule has 0 N–H and O–H groups in total. The van der Waals surface area contributed by atoms with Crippen LogP contribution in [0, 0.1) is 6.92 Å². The molecule has 0 aliphatic heterocycles. The third-order valence-corrected chi connectivity index (χ3v) is 3.82. The Kier molecular flexibility index (Phi) is 3.51. The van der Waals surface area contributed by atoms with E-state index in [2.05, 4.69) is 0 Å². The third-order valence-electron chi connectivity index (χ3n) is 3.82. The van der Waals surface area contributed by atoms with E-state index >= 15 is 0 Å². The SMILES string of the molecule is Cc1c(C(=O)c2ccccc2)c(=O)n(-c2ccccc2)n1C. The first-order chi connectivity index (χ1) is 10.6. The Balaban J connectivity index is 2.20. The predicted octanol–water partition coefficient (Wildman–Crippen LogP) is 2.72. The van der Waals surface area contributed by atoms with Gasteiger partial charge in [0, 0.05) is 18.3 Å². The van der Waals surface area contributed by atoms with Crippen LogP contribution in [-0.4, -0.2) is 15.1 Å². The Morgan fingerprint density at radius 2 is 1.45 bits per heavy atom. The standard InChI is InChI=1S/C18H16N2O2/c1-13-16(17(21)14-9-5-3-6-10-14)18(22)20(19(13)2)15-11-7-4-8-12-15/h3-12H,1-2H3. The maximum absolute atomic E-state index is 12.7. The molecule has 0 aliphatic carbocycles. The highest BCUT2D eigenvalue weighted by atomic mass is 16.2. The fourth-order valence-corrected chi connectivity index (χ4v) is 2.56. The number of benzene rings is 2. The van der Waals surface area contributed by atoms with Gasteiger partial charge in [0.15, 0.2) is 5.78 Å². The van der Waals surface area contributed by atoms with Gasteiger partial charge in [0.25, 0.3) is 5.56 Å². The zero-order chi connectivity index (χ0) is 15.7. The lowest BCUT2D eigenvalue weighted by Crippen LogP contribution is -2.22. The van der Waals surface area contributed by atoms with E-state index in [1.54, 1.807) is 42.9 Å². The Morgan fingerprint density at radius 3 is 2.05 bits per heavy atom. The second kappa shape index (κ2) is 5.48. The number of hydrogen-bond acceptors (Lipinski definition) is 2. The van der Waals surface area contributed by atoms with Crippen molar-refractivity contribution in [1.82, 2.24) is 9.36 Å². The van der Waals surface area contributed by atoms with E-state index in [0.717, 1.165) is 5.69 Å². The minimum Gasteiger partial charge on any atom is -0.288 e. The van der Waals surface area contributed by atoms with Crippen molar-refractivity contribution in [1.29, 1.82) is 0 Å². The van der Waals surface area contributed by atoms with Gasteiger partial charge in [-0.1, -0.05) is 48.5 Å². The average Bonchev–Trinajstić information content (AvgIpc) is 2.78. The van der Waals surface area contributed by atoms with Crippen LogP contribution in [0.1, 0.15) is 21.6 Å². The van der Waals surface area contributed by atoms with Gasteiger partial charge < -0.3 is 0 Å². The largest absolute Gasteiger partial charge is 0.288 e. The fourth-order valence-electron chi connectivity index (χ4n) is 2.56. The van der Waals surface area contributed by atoms with Crippen LogP contribution < -0.4 is 5.56 Å². The van der Waals surface area contributed by atoms with E-state index in [-0.39, 0.29) is 16.9 Å². The molecule has 0 bridgehead atoms. The van der Waals surface area contributed by atoms with E-state index in [1.165, 1.54) is 4.68 Å². The third kappa shape index (κ3) is 2.19. The Morgan fingerprint density at radius 1 is 0.909 bits per heavy atom. The second-order valence-corrected chi connectivity index (χ2v) is 5.13. The van der Waals surface area contributed by atoms with Gasteiger partial charge in [-0.05, 0) is 19.1 Å². The van der Waals surface area contributed by atoms with Crippen molar-refractivity contribution >= 4 is 5.78 Å². The monoisotopic (exact) mass is 292 g/mol. The Labute approximate surface area is 128 Å². The zero-order valence-corrected chi connectivity index (χ0v) is 12.5. The summed E-state index contributed by atoms with van der Waals surface area (Å²) < 4.78 is 3.24. The summed E-state index contributed by atoms with van der Waals surface area (Å²) in [5, 5.41) is 0. The quantitative estimate of drug-likeness (QED) is 0.697. The number of ketones is 1. The summed E-state index contributed by atoms with van der Waals surface area (Å²) in [4.78, 5) is 25.4. The second-order valence-electron chi connectivity index (χ2n) is 5.13. The van der Waals surface area contributed by atoms with Crippen molar-refractivity contribution in [2.75, 3.05) is 0 Å². The number of aromatic nitrogens is 2. The van der Waals surface area contributed by atoms with Crippen LogP contribution in [0.5, 0.6) is 0 Å². The lowest BCUT2D eigenvalue weighted by molar-refractivity contribution is 0.103. The lowest BCUT2D eigenvalue weighted by atomic mass is 10.0. The molecule has 0 unspecified atom stereocenters. The average molecular weight is 292 g/mol. The number of hydrogen-bond donors (Lipinski definition) is 0. The van der Waals surface area contributed by atoms with Gasteiger partial charge in [0.1, 0.15) is 5.56 Å². The van der Waals surface area contributed by atoms with Crippen LogP contribution in [0.3, 0.4) is 0 Å². The Hall–Kier alpha value is -2.88. The molecule has 4 heteroatoms. The normalized spacial score (nSPS) is 10.6. The minimum absolute atomic E-state index is 0.220. The summed E-state index contributed by atoms with van der Waals surface area (Å²) in [6.45, 7) is 1.79. The summed E-state index contributed by atoms with van der Waals surface area (Å²) in [6, 6.07) is 18.2. The summed E-state index contributed by atoms with van der Waals surface area (Å²) in [7, 11) is 1.78. The van der Waals surface area contributed by atoms with Gasteiger partial charge in [0.05, 0.1) is 5.69 Å². The number of carbonyl (C=O) groups is 1. The van der Waals surface area contributed by atoms with Gasteiger partial charge in [-0.2, -0.15) is 0 Å². The molecule has 0 amide bonds. The van der Waals surface area contributed by atoms with Crippen molar-refractivity contribution < 1.29 is 4.79 Å². The molecule has 110 valence electrons. The Bertz CT molecular complexity index is 875. The smallest absolute Gasteiger partial charge is 0.282 e. The van der Waals surface area contributed by atoms with Crippen LogP contribution in [0.25, 0.3) is 5.69 Å². The molecular formula is C18H16N2O2. The highest BCUT2D eigenvalue weighted by Crippen LogP contribution is 2.14. The van der Waals surface area contributed by atoms with E-state index in [1.807, 2.05) is 36.4 Å². The van der Waals surface area contributed by atoms with E-state index in [0.29, 0.717) is 11.3 Å². The number of para-hydroxylation sites is 1. The molecule has 22 heavy (non-hydrogen) atoms. The summed E-state index contributed by atoms with van der Waals surface area (Å²) in [6.07, 6.45) is 0. The predicted molar refractivity (Wildman–Crippen MR) is 85.6 cm³/mol. The highest BCUT2D eigenvalue weighted by Gasteiger charge is 2.22. The molecule has 4 nitrogen and oxygen atoms in total. The van der Waals surface area contributed by atoms with Crippen molar-refractivity contribution in [3.05, 3.63) is 87.8 Å². The van der Waals surface area contributed by atoms with Gasteiger partial charge in [-0.15, -0.1) is 0 Å². The first-order valence-electron chi connectivity index (χ1n) is 7.05. The molecule has 0 saturated heterocycles. The van der Waals surface area contributed by atoms with Crippen molar-refractivity contribution in [3.63, 3.8) is 0 Å². The molecule has 0 radical (unpaired) electrons. The van der Waals surface area contributed by atoms with Crippen LogP contribution in [0.2, 0.25) is 0 Å². The van der Waals surface area contributed by atoms with E-state index < -0.39 is 0 Å². The summed E-state index contributed by atoms with van der Waals surface area (Å²) in [5.41, 5.74) is 1.85. The maximum atomic E-state index is 12.7. The first kappa shape index (κ1) is 14.1. The topological polar surface area (TPSA) is 44.0 Å². The molecule has 1 aromatic heterocycles. The lowest BCUT2D eigenvalue weighted by Gasteiger charge is -2.07. The zero-order valence-electron chi connectivity index (χ0n) is 12.5. The number of rotatable bonds is 3. The molecule has 0 spiro atoms. The molecule has 0 atom stereocenters. The molecule has 0 aliphatic rings. The van der Waals surface area contributed by atoms with E-state index in [9.17, 15) is 9.59 Å². The molecule has 0 fully saturated rings. The summed E-state index contributed by atoms with van der Waals surface area (Å²) in [5.74, 6) is -0.242. The van der Waals surface area contributed by atoms with Crippen LogP contribution >= 0.6 is 0 Å². The molecule has 3 rings (SSSR count). The van der Waals surface area contributed by atoms with Crippen molar-refractivity contribution in [2.24, 2.45) is 7.05 Å². The van der Waals surface area contributed by atoms with Gasteiger partial charge >= 0.3 is 0 Å². The van der Waals surface area contributed by atoms with Crippen LogP contribution in [0.15, 0.2) is 65.5 Å². The molecule has 3 aromatic rings. The van der Waals surface area contributed by atoms with Gasteiger partial charge in [-0.25, -0.2) is 4.68 Å². The molecule has 2 aromatic carbocycles. The first-order valence-corrected chi connectivity index (χ1v) is 7.05. The number of carbonyl (C=O) groups excluding carboxylic acids is 1. The summed E-state index contributed by atoms with van der Waals surface area (Å²) >= 11 is 0. The van der Waals surface area contributed by atoms with Crippen LogP contribution in [0.4, 0.5) is 0 Å². The fraction of sp³-hybridized carbons (Fsp3) is 0.111. The van der Waals surface area contributed by atoms with Crippen molar-refractivity contribution in [3.8, 4) is 5.69 Å². The minimum atomic E-state index is -0.292. The molecular weight excluding hydrogens is 276 g/mol. The van der Waals surface area contributed by atoms with Gasteiger partial charge in [-0.3, -0.25) is 14.3 Å².